The van der Waals surface area contributed by atoms with Crippen LogP contribution in [0.4, 0.5) is 0 Å². The molecule has 0 unspecified atom stereocenters. The highest BCUT2D eigenvalue weighted by atomic mass is 16.1. The molecule has 30 heavy (non-hydrogen) atoms. The molecule has 0 spiro atoms. The number of rotatable bonds is 5. The van der Waals surface area contributed by atoms with Gasteiger partial charge in [-0.3, -0.25) is 19.4 Å². The predicted molar refractivity (Wildman–Crippen MR) is 118 cm³/mol. The zero-order valence-electron chi connectivity index (χ0n) is 16.8. The maximum absolute atomic E-state index is 13.4. The van der Waals surface area contributed by atoms with Crippen molar-refractivity contribution in [3.63, 3.8) is 0 Å². The van der Waals surface area contributed by atoms with Crippen molar-refractivity contribution in [2.24, 2.45) is 0 Å². The van der Waals surface area contributed by atoms with Crippen LogP contribution in [0.25, 0.3) is 5.69 Å². The summed E-state index contributed by atoms with van der Waals surface area (Å²) in [6.07, 6.45) is 4.49. The molecule has 0 saturated heterocycles. The predicted octanol–water partition coefficient (Wildman–Crippen LogP) is 3.64. The monoisotopic (exact) mass is 396 g/mol. The molecule has 0 bridgehead atoms. The van der Waals surface area contributed by atoms with Gasteiger partial charge in [-0.05, 0) is 35.7 Å². The fourth-order valence-corrected chi connectivity index (χ4v) is 4.26. The maximum Gasteiger partial charge on any atom is 0.274 e. The molecule has 5 rings (SSSR count). The van der Waals surface area contributed by atoms with E-state index in [1.165, 1.54) is 11.1 Å². The molecule has 5 nitrogen and oxygen atoms in total. The van der Waals surface area contributed by atoms with Crippen LogP contribution in [0.1, 0.15) is 22.4 Å². The van der Waals surface area contributed by atoms with Gasteiger partial charge in [-0.25, -0.2) is 4.68 Å². The Bertz CT molecular complexity index is 1180. The van der Waals surface area contributed by atoms with Gasteiger partial charge in [0.2, 0.25) is 0 Å². The van der Waals surface area contributed by atoms with Gasteiger partial charge in [-0.2, -0.15) is 0 Å². The molecule has 2 aromatic heterocycles. The van der Waals surface area contributed by atoms with E-state index in [0.717, 1.165) is 43.0 Å². The van der Waals surface area contributed by atoms with Gasteiger partial charge in [-0.15, -0.1) is 0 Å². The molecule has 0 radical (unpaired) electrons. The van der Waals surface area contributed by atoms with E-state index < -0.39 is 0 Å². The van der Waals surface area contributed by atoms with Gasteiger partial charge in [0.15, 0.2) is 0 Å². The van der Waals surface area contributed by atoms with Gasteiger partial charge in [0.1, 0.15) is 0 Å². The molecule has 5 heteroatoms. The van der Waals surface area contributed by atoms with E-state index in [1.54, 1.807) is 6.20 Å². The number of fused-ring (bicyclic) bond motifs is 1. The van der Waals surface area contributed by atoms with E-state index in [4.69, 9.17) is 0 Å². The third kappa shape index (κ3) is 3.60. The van der Waals surface area contributed by atoms with Gasteiger partial charge >= 0.3 is 0 Å². The molecule has 150 valence electrons. The Morgan fingerprint density at radius 1 is 0.833 bits per heavy atom. The third-order valence-electron chi connectivity index (χ3n) is 5.71. The highest BCUT2D eigenvalue weighted by molar-refractivity contribution is 5.35. The number of nitrogens with zero attached hydrogens (tertiary/aromatic N) is 4. The summed E-state index contributed by atoms with van der Waals surface area (Å²) in [5, 5.41) is 0. The van der Waals surface area contributed by atoms with Gasteiger partial charge in [0.05, 0.1) is 17.9 Å². The zero-order valence-corrected chi connectivity index (χ0v) is 16.8. The van der Waals surface area contributed by atoms with E-state index in [2.05, 4.69) is 32.8 Å². The number of hydrogen-bond acceptors (Lipinski definition) is 3. The molecule has 3 heterocycles. The molecule has 0 fully saturated rings. The van der Waals surface area contributed by atoms with Crippen molar-refractivity contribution in [3.05, 3.63) is 118 Å². The molecule has 2 aromatic carbocycles. The minimum Gasteiger partial charge on any atom is -0.293 e. The highest BCUT2D eigenvalue weighted by Crippen LogP contribution is 2.22. The summed E-state index contributed by atoms with van der Waals surface area (Å²) < 4.78 is 4.02. The Hall–Kier alpha value is -3.44. The summed E-state index contributed by atoms with van der Waals surface area (Å²) in [6, 6.07) is 24.4. The van der Waals surface area contributed by atoms with E-state index >= 15 is 0 Å². The van der Waals surface area contributed by atoms with Crippen molar-refractivity contribution in [2.75, 3.05) is 6.54 Å². The van der Waals surface area contributed by atoms with E-state index in [1.807, 2.05) is 65.5 Å². The lowest BCUT2D eigenvalue weighted by atomic mass is 10.1. The first-order valence-electron chi connectivity index (χ1n) is 10.3. The van der Waals surface area contributed by atoms with Crippen molar-refractivity contribution in [2.45, 2.75) is 26.1 Å². The molecule has 4 aromatic rings. The van der Waals surface area contributed by atoms with Crippen LogP contribution in [-0.2, 0) is 26.1 Å². The fourth-order valence-electron chi connectivity index (χ4n) is 4.26. The summed E-state index contributed by atoms with van der Waals surface area (Å²) >= 11 is 0. The summed E-state index contributed by atoms with van der Waals surface area (Å²) in [5.41, 5.74) is 5.45. The normalized spacial score (nSPS) is 13.9. The van der Waals surface area contributed by atoms with E-state index in [-0.39, 0.29) is 5.56 Å². The lowest BCUT2D eigenvalue weighted by Crippen LogP contribution is -2.32. The first-order valence-corrected chi connectivity index (χ1v) is 10.3. The second-order valence-electron chi connectivity index (χ2n) is 7.74. The molecule has 1 aliphatic heterocycles. The number of benzene rings is 2. The van der Waals surface area contributed by atoms with Crippen LogP contribution in [0.15, 0.2) is 90.0 Å². The summed E-state index contributed by atoms with van der Waals surface area (Å²) in [7, 11) is 0. The average molecular weight is 396 g/mol. The van der Waals surface area contributed by atoms with E-state index in [0.29, 0.717) is 6.54 Å². The SMILES string of the molecule is O=c1c2c(n(Cc3ccccc3)n1-c1ccccc1)CN(Cc1cccnc1)CC2. The second-order valence-corrected chi connectivity index (χ2v) is 7.74. The van der Waals surface area contributed by atoms with Crippen molar-refractivity contribution in [1.29, 1.82) is 0 Å². The molecule has 0 saturated carbocycles. The zero-order chi connectivity index (χ0) is 20.3. The standard InChI is InChI=1S/C25H24N4O/c30-25-23-13-15-27(17-21-10-7-14-26-16-21)19-24(23)28(18-20-8-3-1-4-9-20)29(25)22-11-5-2-6-12-22/h1-12,14,16H,13,15,17-19H2. The lowest BCUT2D eigenvalue weighted by Gasteiger charge is -2.27. The summed E-state index contributed by atoms with van der Waals surface area (Å²) in [4.78, 5) is 20.0. The van der Waals surface area contributed by atoms with Crippen molar-refractivity contribution in [1.82, 2.24) is 19.2 Å². The number of pyridine rings is 1. The fraction of sp³-hybridized carbons (Fsp3) is 0.200. The highest BCUT2D eigenvalue weighted by Gasteiger charge is 2.27. The smallest absolute Gasteiger partial charge is 0.274 e. The Balaban J connectivity index is 1.56. The van der Waals surface area contributed by atoms with Crippen LogP contribution in [0.2, 0.25) is 0 Å². The Kier molecular flexibility index (Phi) is 5.03. The number of hydrogen-bond donors (Lipinski definition) is 0. The van der Waals surface area contributed by atoms with Gasteiger partial charge < -0.3 is 0 Å². The van der Waals surface area contributed by atoms with Crippen LogP contribution < -0.4 is 5.56 Å². The van der Waals surface area contributed by atoms with E-state index in [9.17, 15) is 4.79 Å². The largest absolute Gasteiger partial charge is 0.293 e. The van der Waals surface area contributed by atoms with Gasteiger partial charge in [0, 0.05) is 37.6 Å². The first kappa shape index (κ1) is 18.6. The van der Waals surface area contributed by atoms with Crippen molar-refractivity contribution < 1.29 is 0 Å². The number of aromatic nitrogens is 3. The van der Waals surface area contributed by atoms with Crippen molar-refractivity contribution >= 4 is 0 Å². The number of para-hydroxylation sites is 1. The maximum atomic E-state index is 13.4. The Labute approximate surface area is 175 Å². The minimum absolute atomic E-state index is 0.105. The van der Waals surface area contributed by atoms with Crippen LogP contribution in [0.3, 0.4) is 0 Å². The van der Waals surface area contributed by atoms with Gasteiger partial charge in [-0.1, -0.05) is 54.6 Å². The Morgan fingerprint density at radius 3 is 2.30 bits per heavy atom. The molecule has 0 amide bonds. The van der Waals surface area contributed by atoms with Gasteiger partial charge in [0.25, 0.3) is 5.56 Å². The van der Waals surface area contributed by atoms with Crippen molar-refractivity contribution in [3.8, 4) is 5.69 Å². The lowest BCUT2D eigenvalue weighted by molar-refractivity contribution is 0.236. The third-order valence-corrected chi connectivity index (χ3v) is 5.71. The molecule has 0 aliphatic carbocycles. The minimum atomic E-state index is 0.105. The molecule has 1 aliphatic rings. The topological polar surface area (TPSA) is 43.1 Å². The Morgan fingerprint density at radius 2 is 1.57 bits per heavy atom. The molecule has 0 atom stereocenters. The van der Waals surface area contributed by atoms with Crippen LogP contribution in [-0.4, -0.2) is 25.8 Å². The van der Waals surface area contributed by atoms with Crippen LogP contribution in [0.5, 0.6) is 0 Å². The summed E-state index contributed by atoms with van der Waals surface area (Å²) in [6.45, 7) is 3.14. The quantitative estimate of drug-likeness (QED) is 0.517. The molecule has 0 N–H and O–H groups in total. The van der Waals surface area contributed by atoms with Crippen LogP contribution in [0, 0.1) is 0 Å². The second kappa shape index (κ2) is 8.13. The molecular formula is C25H24N4O. The first-order chi connectivity index (χ1) is 14.8. The molecular weight excluding hydrogens is 372 g/mol. The summed E-state index contributed by atoms with van der Waals surface area (Å²) in [5.74, 6) is 0. The van der Waals surface area contributed by atoms with Crippen LogP contribution >= 0.6 is 0 Å². The average Bonchev–Trinajstić information content (AvgIpc) is 3.07.